The van der Waals surface area contributed by atoms with Crippen LogP contribution in [0.2, 0.25) is 0 Å². The molecule has 0 aromatic carbocycles. The molecule has 0 aromatic rings. The Morgan fingerprint density at radius 3 is 2.44 bits per heavy atom. The average Bonchev–Trinajstić information content (AvgIpc) is 1.63. The lowest BCUT2D eigenvalue weighted by molar-refractivity contribution is 1.38. The van der Waals surface area contributed by atoms with E-state index in [4.69, 9.17) is 7.85 Å². The lowest BCUT2D eigenvalue weighted by Crippen LogP contribution is -1.74. The summed E-state index contributed by atoms with van der Waals surface area (Å²) in [6.45, 7) is 7.22. The smallest absolute Gasteiger partial charge is 0.115 e. The van der Waals surface area contributed by atoms with Gasteiger partial charge in [-0.1, -0.05) is 17.1 Å². The largest absolute Gasteiger partial charge is 0.273 e. The highest BCUT2D eigenvalue weighted by Crippen LogP contribution is 1.96. The van der Waals surface area contributed by atoms with Crippen LogP contribution in [0.15, 0.2) is 28.3 Å². The molecule has 0 aliphatic heterocycles. The first kappa shape index (κ1) is 8.21. The molecule has 0 amide bonds. The van der Waals surface area contributed by atoms with E-state index in [-0.39, 0.29) is 0 Å². The summed E-state index contributed by atoms with van der Waals surface area (Å²) in [6, 6.07) is 0. The zero-order chi connectivity index (χ0) is 7.28. The second kappa shape index (κ2) is 4.13. The van der Waals surface area contributed by atoms with Gasteiger partial charge < -0.3 is 0 Å². The fraction of sp³-hybridized carbons (Fsp3) is 0.286. The maximum atomic E-state index is 5.44. The van der Waals surface area contributed by atoms with Gasteiger partial charge in [-0.3, -0.25) is 4.99 Å². The Bertz CT molecular complexity index is 152. The molecule has 0 unspecified atom stereocenters. The van der Waals surface area contributed by atoms with Crippen molar-refractivity contribution in [2.45, 2.75) is 13.8 Å². The van der Waals surface area contributed by atoms with Crippen LogP contribution in [0.5, 0.6) is 0 Å². The fourth-order valence-corrected chi connectivity index (χ4v) is 0.476. The minimum Gasteiger partial charge on any atom is -0.273 e. The molecule has 0 saturated heterocycles. The highest BCUT2D eigenvalue weighted by Gasteiger charge is 1.78. The number of allylic oxidation sites excluding steroid dienone is 3. The third kappa shape index (κ3) is 5.08. The Morgan fingerprint density at radius 2 is 2.11 bits per heavy atom. The second-order valence-electron chi connectivity index (χ2n) is 2.03. The first-order valence-electron chi connectivity index (χ1n) is 2.73. The molecule has 1 nitrogen and oxygen atoms in total. The maximum Gasteiger partial charge on any atom is 0.115 e. The molecular formula is C7H10BN. The van der Waals surface area contributed by atoms with Gasteiger partial charge in [-0.2, -0.15) is 0 Å². The third-order valence-corrected chi connectivity index (χ3v) is 0.696. The van der Waals surface area contributed by atoms with Crippen molar-refractivity contribution < 1.29 is 0 Å². The minimum atomic E-state index is 0.644. The predicted molar refractivity (Wildman–Crippen MR) is 42.8 cm³/mol. The summed E-state index contributed by atoms with van der Waals surface area (Å²) < 4.78 is 0. The molecule has 0 aliphatic rings. The van der Waals surface area contributed by atoms with Gasteiger partial charge in [0.15, 0.2) is 0 Å². The Labute approximate surface area is 57.6 Å². The van der Waals surface area contributed by atoms with E-state index in [9.17, 15) is 0 Å². The van der Waals surface area contributed by atoms with E-state index >= 15 is 0 Å². The van der Waals surface area contributed by atoms with E-state index in [1.54, 1.807) is 0 Å². The number of hydrogen-bond donors (Lipinski definition) is 0. The molecule has 0 bridgehead atoms. The molecule has 0 N–H and O–H groups in total. The Kier molecular flexibility index (Phi) is 3.77. The fourth-order valence-electron chi connectivity index (χ4n) is 0.476. The molecule has 0 heterocycles. The second-order valence-corrected chi connectivity index (χ2v) is 2.03. The molecule has 0 fully saturated rings. The van der Waals surface area contributed by atoms with E-state index in [0.717, 1.165) is 5.57 Å². The molecule has 2 radical (unpaired) electrons. The highest BCUT2D eigenvalue weighted by atomic mass is 14.6. The van der Waals surface area contributed by atoms with Crippen molar-refractivity contribution in [3.8, 4) is 0 Å². The van der Waals surface area contributed by atoms with Gasteiger partial charge in [-0.15, -0.1) is 0 Å². The summed E-state index contributed by atoms with van der Waals surface area (Å²) in [5, 5.41) is 0. The van der Waals surface area contributed by atoms with Crippen LogP contribution in [0.25, 0.3) is 0 Å². The van der Waals surface area contributed by atoms with Crippen LogP contribution in [0.4, 0.5) is 0 Å². The van der Waals surface area contributed by atoms with Gasteiger partial charge in [-0.05, 0) is 20.6 Å². The molecule has 0 atom stereocenters. The molecule has 2 heteroatoms. The van der Waals surface area contributed by atoms with Gasteiger partial charge in [0.1, 0.15) is 7.85 Å². The number of aliphatic imine (C=N–C) groups is 1. The van der Waals surface area contributed by atoms with E-state index in [1.165, 1.54) is 6.20 Å². The minimum absolute atomic E-state index is 0.644. The molecule has 0 rings (SSSR count). The summed E-state index contributed by atoms with van der Waals surface area (Å²) in [6.07, 6.45) is 3.36. The zero-order valence-corrected chi connectivity index (χ0v) is 5.89. The van der Waals surface area contributed by atoms with Crippen molar-refractivity contribution in [1.82, 2.24) is 0 Å². The monoisotopic (exact) mass is 119 g/mol. The summed E-state index contributed by atoms with van der Waals surface area (Å²) in [5.74, 6) is 0. The summed E-state index contributed by atoms with van der Waals surface area (Å²) in [5.41, 5.74) is 1.80. The Morgan fingerprint density at radius 1 is 1.56 bits per heavy atom. The van der Waals surface area contributed by atoms with Gasteiger partial charge in [0.2, 0.25) is 0 Å². The predicted octanol–water partition coefficient (Wildman–Crippen LogP) is 1.66. The average molecular weight is 119 g/mol. The van der Waals surface area contributed by atoms with Gasteiger partial charge >= 0.3 is 0 Å². The van der Waals surface area contributed by atoms with Gasteiger partial charge in [0, 0.05) is 6.20 Å². The Balaban J connectivity index is 4.05. The van der Waals surface area contributed by atoms with Crippen molar-refractivity contribution in [2.75, 3.05) is 0 Å². The summed E-state index contributed by atoms with van der Waals surface area (Å²) >= 11 is 0. The molecule has 46 valence electrons. The lowest BCUT2D eigenvalue weighted by Gasteiger charge is -1.89. The van der Waals surface area contributed by atoms with Crippen LogP contribution < -0.4 is 0 Å². The normalized spacial score (nSPS) is 10.7. The van der Waals surface area contributed by atoms with E-state index in [0.29, 0.717) is 5.47 Å². The lowest BCUT2D eigenvalue weighted by atomic mass is 9.95. The van der Waals surface area contributed by atoms with Crippen LogP contribution in [0.3, 0.4) is 0 Å². The molecule has 0 aliphatic carbocycles. The van der Waals surface area contributed by atoms with Crippen molar-refractivity contribution in [1.29, 1.82) is 0 Å². The molecule has 0 aromatic heterocycles. The van der Waals surface area contributed by atoms with Crippen LogP contribution in [0.1, 0.15) is 13.8 Å². The van der Waals surface area contributed by atoms with Gasteiger partial charge in [-0.25, -0.2) is 0 Å². The van der Waals surface area contributed by atoms with Gasteiger partial charge in [0.05, 0.1) is 0 Å². The van der Waals surface area contributed by atoms with Crippen LogP contribution in [-0.4, -0.2) is 14.6 Å². The van der Waals surface area contributed by atoms with Crippen molar-refractivity contribution >= 4 is 14.6 Å². The van der Waals surface area contributed by atoms with Crippen LogP contribution >= 0.6 is 0 Å². The van der Waals surface area contributed by atoms with Crippen LogP contribution in [0, 0.1) is 0 Å². The molecule has 0 saturated carbocycles. The van der Waals surface area contributed by atoms with E-state index in [1.807, 2.05) is 19.9 Å². The van der Waals surface area contributed by atoms with E-state index in [2.05, 4.69) is 11.7 Å². The first-order chi connectivity index (χ1) is 4.16. The maximum absolute atomic E-state index is 5.44. The quantitative estimate of drug-likeness (QED) is 0.297. The van der Waals surface area contributed by atoms with E-state index < -0.39 is 0 Å². The zero-order valence-electron chi connectivity index (χ0n) is 5.89. The van der Waals surface area contributed by atoms with Crippen molar-refractivity contribution in [2.24, 2.45) is 4.99 Å². The molecular weight excluding hydrogens is 109 g/mol. The molecule has 9 heavy (non-hydrogen) atoms. The standard InChI is InChI=1S/C7H10BN/c1-6(2)4-7(8)5-9-3/h4-5H,3H2,1-2H3/b7-5+. The topological polar surface area (TPSA) is 12.4 Å². The summed E-state index contributed by atoms with van der Waals surface area (Å²) in [4.78, 5) is 3.51. The Hall–Kier alpha value is -0.785. The molecule has 0 spiro atoms. The summed E-state index contributed by atoms with van der Waals surface area (Å²) in [7, 11) is 5.44. The number of nitrogens with zero attached hydrogens (tertiary/aromatic N) is 1. The van der Waals surface area contributed by atoms with Crippen molar-refractivity contribution in [3.63, 3.8) is 0 Å². The first-order valence-corrected chi connectivity index (χ1v) is 2.73. The highest BCUT2D eigenvalue weighted by molar-refractivity contribution is 6.23. The number of hydrogen-bond acceptors (Lipinski definition) is 1. The number of rotatable bonds is 2. The third-order valence-electron chi connectivity index (χ3n) is 0.696. The SMILES string of the molecule is [B]/C(C=C(C)C)=C/N=C. The van der Waals surface area contributed by atoms with Crippen LogP contribution in [-0.2, 0) is 0 Å². The van der Waals surface area contributed by atoms with Gasteiger partial charge in [0.25, 0.3) is 0 Å². The van der Waals surface area contributed by atoms with Crippen molar-refractivity contribution in [3.05, 3.63) is 23.3 Å².